The summed E-state index contributed by atoms with van der Waals surface area (Å²) in [6, 6.07) is 3.53. The van der Waals surface area contributed by atoms with Gasteiger partial charge < -0.3 is 10.3 Å². The average molecular weight is 180 g/mol. The molecule has 0 saturated carbocycles. The van der Waals surface area contributed by atoms with Gasteiger partial charge in [0.15, 0.2) is 0 Å². The summed E-state index contributed by atoms with van der Waals surface area (Å²) in [7, 11) is 0. The van der Waals surface area contributed by atoms with E-state index in [0.717, 1.165) is 12.1 Å². The molecule has 0 unspecified atom stereocenters. The monoisotopic (exact) mass is 180 g/mol. The average Bonchev–Trinajstić information content (AvgIpc) is 2.01. The highest BCUT2D eigenvalue weighted by Gasteiger charge is 2.06. The first-order valence-corrected chi connectivity index (χ1v) is 4.57. The first-order chi connectivity index (χ1) is 6.06. The van der Waals surface area contributed by atoms with Gasteiger partial charge in [0.25, 0.3) is 5.56 Å². The molecule has 0 spiro atoms. The van der Waals surface area contributed by atoms with E-state index in [0.29, 0.717) is 5.69 Å². The van der Waals surface area contributed by atoms with Gasteiger partial charge in [-0.2, -0.15) is 0 Å². The molecule has 0 aliphatic carbocycles. The van der Waals surface area contributed by atoms with Gasteiger partial charge in [0, 0.05) is 23.5 Å². The molecule has 0 aliphatic rings. The zero-order valence-electron chi connectivity index (χ0n) is 8.37. The number of aromatic nitrogens is 1. The van der Waals surface area contributed by atoms with Crippen LogP contribution in [0.2, 0.25) is 0 Å². The van der Waals surface area contributed by atoms with Crippen molar-refractivity contribution in [2.75, 3.05) is 5.73 Å². The van der Waals surface area contributed by atoms with E-state index in [1.807, 2.05) is 26.8 Å². The van der Waals surface area contributed by atoms with E-state index in [1.54, 1.807) is 4.57 Å². The van der Waals surface area contributed by atoms with E-state index >= 15 is 0 Å². The fourth-order valence-electron chi connectivity index (χ4n) is 1.52. The van der Waals surface area contributed by atoms with Crippen molar-refractivity contribution in [3.63, 3.8) is 0 Å². The lowest BCUT2D eigenvalue weighted by Crippen LogP contribution is -2.24. The van der Waals surface area contributed by atoms with Gasteiger partial charge in [-0.1, -0.05) is 6.92 Å². The lowest BCUT2D eigenvalue weighted by molar-refractivity contribution is 0.553. The molecule has 0 atom stereocenters. The smallest absolute Gasteiger partial charge is 0.253 e. The maximum Gasteiger partial charge on any atom is 0.253 e. The second-order valence-corrected chi connectivity index (χ2v) is 3.44. The van der Waals surface area contributed by atoms with Crippen LogP contribution in [-0.4, -0.2) is 4.57 Å². The summed E-state index contributed by atoms with van der Waals surface area (Å²) in [4.78, 5) is 11.5. The Kier molecular flexibility index (Phi) is 2.76. The minimum atomic E-state index is -0.00755. The summed E-state index contributed by atoms with van der Waals surface area (Å²) in [5.74, 6) is 0. The molecule has 1 aromatic heterocycles. The third-order valence-corrected chi connectivity index (χ3v) is 2.05. The molecule has 1 heterocycles. The molecule has 0 amide bonds. The van der Waals surface area contributed by atoms with Crippen molar-refractivity contribution in [2.24, 2.45) is 0 Å². The van der Waals surface area contributed by atoms with Crippen molar-refractivity contribution in [1.29, 1.82) is 0 Å². The van der Waals surface area contributed by atoms with Crippen LogP contribution in [0.3, 0.4) is 0 Å². The molecule has 0 aliphatic heterocycles. The summed E-state index contributed by atoms with van der Waals surface area (Å²) in [6.07, 6.45) is 0.832. The number of aryl methyl sites for hydroxylation is 1. The van der Waals surface area contributed by atoms with Gasteiger partial charge in [0.2, 0.25) is 0 Å². The van der Waals surface area contributed by atoms with Crippen LogP contribution in [0.5, 0.6) is 0 Å². The first kappa shape index (κ1) is 9.84. The maximum atomic E-state index is 11.5. The van der Waals surface area contributed by atoms with E-state index in [2.05, 4.69) is 0 Å². The highest BCUT2D eigenvalue weighted by molar-refractivity contribution is 5.38. The predicted molar refractivity (Wildman–Crippen MR) is 54.9 cm³/mol. The van der Waals surface area contributed by atoms with Crippen molar-refractivity contribution >= 4 is 5.69 Å². The lowest BCUT2D eigenvalue weighted by Gasteiger charge is -2.15. The van der Waals surface area contributed by atoms with Gasteiger partial charge in [-0.15, -0.1) is 0 Å². The molecule has 13 heavy (non-hydrogen) atoms. The molecule has 0 radical (unpaired) electrons. The minimum absolute atomic E-state index is 0.00755. The SMILES string of the molecule is CCc1cc(N)cc(=O)n1C(C)C. The number of hydrogen-bond acceptors (Lipinski definition) is 2. The van der Waals surface area contributed by atoms with Crippen molar-refractivity contribution in [2.45, 2.75) is 33.2 Å². The normalized spacial score (nSPS) is 10.8. The number of nitrogen functional groups attached to an aromatic ring is 1. The number of nitrogens with two attached hydrogens (primary N) is 1. The zero-order chi connectivity index (χ0) is 10.0. The molecule has 0 saturated heterocycles. The largest absolute Gasteiger partial charge is 0.399 e. The molecule has 2 N–H and O–H groups in total. The topological polar surface area (TPSA) is 48.0 Å². The van der Waals surface area contributed by atoms with E-state index in [1.165, 1.54) is 6.07 Å². The Balaban J connectivity index is 3.39. The number of pyridine rings is 1. The van der Waals surface area contributed by atoms with Gasteiger partial charge in [-0.05, 0) is 26.3 Å². The Morgan fingerprint density at radius 2 is 2.08 bits per heavy atom. The summed E-state index contributed by atoms with van der Waals surface area (Å²) < 4.78 is 1.77. The van der Waals surface area contributed by atoms with Gasteiger partial charge in [0.05, 0.1) is 0 Å². The van der Waals surface area contributed by atoms with Crippen LogP contribution in [0.25, 0.3) is 0 Å². The van der Waals surface area contributed by atoms with Crippen molar-refractivity contribution in [3.8, 4) is 0 Å². The predicted octanol–water partition coefficient (Wildman–Crippen LogP) is 1.57. The lowest BCUT2D eigenvalue weighted by atomic mass is 10.2. The van der Waals surface area contributed by atoms with E-state index in [-0.39, 0.29) is 11.6 Å². The van der Waals surface area contributed by atoms with E-state index < -0.39 is 0 Å². The number of rotatable bonds is 2. The van der Waals surface area contributed by atoms with Crippen LogP contribution < -0.4 is 11.3 Å². The van der Waals surface area contributed by atoms with Crippen molar-refractivity contribution in [1.82, 2.24) is 4.57 Å². The highest BCUT2D eigenvalue weighted by Crippen LogP contribution is 2.09. The molecule has 3 heteroatoms. The fraction of sp³-hybridized carbons (Fsp3) is 0.500. The Morgan fingerprint density at radius 3 is 2.54 bits per heavy atom. The molecule has 0 fully saturated rings. The van der Waals surface area contributed by atoms with Gasteiger partial charge in [0.1, 0.15) is 0 Å². The van der Waals surface area contributed by atoms with E-state index in [9.17, 15) is 4.79 Å². The second kappa shape index (κ2) is 3.64. The number of anilines is 1. The third kappa shape index (κ3) is 1.91. The molecule has 1 aromatic rings. The first-order valence-electron chi connectivity index (χ1n) is 4.57. The summed E-state index contributed by atoms with van der Waals surface area (Å²) in [5, 5.41) is 0. The van der Waals surface area contributed by atoms with Gasteiger partial charge >= 0.3 is 0 Å². The Labute approximate surface area is 78.2 Å². The molecule has 0 bridgehead atoms. The number of hydrogen-bond donors (Lipinski definition) is 1. The fourth-order valence-corrected chi connectivity index (χ4v) is 1.52. The van der Waals surface area contributed by atoms with Crippen molar-refractivity contribution in [3.05, 3.63) is 28.2 Å². The molecule has 1 rings (SSSR count). The molecule has 0 aromatic carbocycles. The van der Waals surface area contributed by atoms with Crippen LogP contribution in [0.15, 0.2) is 16.9 Å². The van der Waals surface area contributed by atoms with Crippen LogP contribution in [0, 0.1) is 0 Å². The van der Waals surface area contributed by atoms with Gasteiger partial charge in [-0.25, -0.2) is 0 Å². The Bertz CT molecular complexity index is 352. The van der Waals surface area contributed by atoms with Crippen LogP contribution in [0.1, 0.15) is 32.5 Å². The van der Waals surface area contributed by atoms with Crippen molar-refractivity contribution < 1.29 is 0 Å². The summed E-state index contributed by atoms with van der Waals surface area (Å²) in [6.45, 7) is 6.01. The molecular weight excluding hydrogens is 164 g/mol. The molecular formula is C10H16N2O. The van der Waals surface area contributed by atoms with Gasteiger partial charge in [-0.3, -0.25) is 4.79 Å². The summed E-state index contributed by atoms with van der Waals surface area (Å²) in [5.41, 5.74) is 7.14. The minimum Gasteiger partial charge on any atom is -0.399 e. The zero-order valence-corrected chi connectivity index (χ0v) is 8.37. The second-order valence-electron chi connectivity index (χ2n) is 3.44. The quantitative estimate of drug-likeness (QED) is 0.751. The summed E-state index contributed by atoms with van der Waals surface area (Å²) >= 11 is 0. The Hall–Kier alpha value is -1.25. The highest BCUT2D eigenvalue weighted by atomic mass is 16.1. The van der Waals surface area contributed by atoms with Crippen LogP contribution in [-0.2, 0) is 6.42 Å². The van der Waals surface area contributed by atoms with E-state index in [4.69, 9.17) is 5.73 Å². The third-order valence-electron chi connectivity index (χ3n) is 2.05. The number of nitrogens with zero attached hydrogens (tertiary/aromatic N) is 1. The standard InChI is InChI=1S/C10H16N2O/c1-4-9-5-8(11)6-10(13)12(9)7(2)3/h5-7H,4,11H2,1-3H3. The molecule has 3 nitrogen and oxygen atoms in total. The van der Waals surface area contributed by atoms with Crippen LogP contribution >= 0.6 is 0 Å². The maximum absolute atomic E-state index is 11.5. The Morgan fingerprint density at radius 1 is 1.46 bits per heavy atom. The molecule has 72 valence electrons. The van der Waals surface area contributed by atoms with Crippen LogP contribution in [0.4, 0.5) is 5.69 Å².